The number of carbonyl (C=O) groups is 2. The van der Waals surface area contributed by atoms with Gasteiger partial charge in [-0.25, -0.2) is 13.2 Å². The molecule has 2 heterocycles. The molecule has 0 spiro atoms. The topological polar surface area (TPSA) is 90.0 Å². The van der Waals surface area contributed by atoms with Crippen LogP contribution in [0.3, 0.4) is 0 Å². The zero-order valence-corrected chi connectivity index (χ0v) is 20.4. The molecule has 0 N–H and O–H groups in total. The van der Waals surface area contributed by atoms with Crippen LogP contribution in [0, 0.1) is 0 Å². The number of hydrogen-bond acceptors (Lipinski definition) is 6. The maximum Gasteiger partial charge on any atom is 0.338 e. The van der Waals surface area contributed by atoms with Crippen LogP contribution in [-0.2, 0) is 25.9 Å². The molecule has 0 bridgehead atoms. The Labute approximate surface area is 209 Å². The molecule has 1 amide bonds. The molecule has 0 aromatic heterocycles. The van der Waals surface area contributed by atoms with Crippen LogP contribution in [0.25, 0.3) is 6.08 Å². The molecule has 0 radical (unpaired) electrons. The average molecular weight is 504 g/mol. The van der Waals surface area contributed by atoms with Crippen molar-refractivity contribution in [3.05, 3.63) is 95.6 Å². The molecule has 1 fully saturated rings. The van der Waals surface area contributed by atoms with Crippen LogP contribution >= 0.6 is 0 Å². The van der Waals surface area contributed by atoms with E-state index in [1.54, 1.807) is 18.2 Å². The van der Waals surface area contributed by atoms with Crippen LogP contribution in [0.15, 0.2) is 83.1 Å². The molecule has 184 valence electrons. The van der Waals surface area contributed by atoms with E-state index >= 15 is 0 Å². The third-order valence-corrected chi connectivity index (χ3v) is 8.27. The van der Waals surface area contributed by atoms with Crippen LogP contribution in [0.5, 0.6) is 0 Å². The number of nitrogens with zero attached hydrogens (tertiary/aromatic N) is 1. The summed E-state index contributed by atoms with van der Waals surface area (Å²) in [7, 11) is -4.02. The number of rotatable bonds is 6. The van der Waals surface area contributed by atoms with Crippen molar-refractivity contribution in [2.24, 2.45) is 0 Å². The number of fused-ring (bicyclic) bond motifs is 2. The fourth-order valence-corrected chi connectivity index (χ4v) is 6.09. The standard InChI is InChI=1S/C28H25NO6S/c1-2-19-9-11-20(12-10-19)17-29-24-16-21(28(31)35-18-22-6-5-15-34-22)13-14-26(24)36(32,33)25-8-4-3-7-23(25)27(29)30/h2-4,7-14,16,22H,1,5-6,15,17-18H2. The predicted octanol–water partition coefficient (Wildman–Crippen LogP) is 4.66. The Hall–Kier alpha value is -3.75. The molecule has 0 saturated carbocycles. The van der Waals surface area contributed by atoms with Gasteiger partial charge in [-0.15, -0.1) is 0 Å². The number of anilines is 1. The van der Waals surface area contributed by atoms with E-state index in [0.717, 1.165) is 24.0 Å². The van der Waals surface area contributed by atoms with E-state index in [9.17, 15) is 18.0 Å². The smallest absolute Gasteiger partial charge is 0.338 e. The molecule has 3 aromatic rings. The van der Waals surface area contributed by atoms with Gasteiger partial charge < -0.3 is 14.4 Å². The SMILES string of the molecule is C=Cc1ccc(CN2C(=O)c3ccccc3S(=O)(=O)c3ccc(C(=O)OCC4CCCO4)cc32)cc1. The van der Waals surface area contributed by atoms with Gasteiger partial charge in [0.2, 0.25) is 9.84 Å². The molecule has 8 heteroatoms. The Balaban J connectivity index is 1.57. The largest absolute Gasteiger partial charge is 0.459 e. The third-order valence-electron chi connectivity index (χ3n) is 6.41. The fraction of sp³-hybridized carbons (Fsp3) is 0.214. The van der Waals surface area contributed by atoms with Gasteiger partial charge in [0, 0.05) is 6.61 Å². The monoisotopic (exact) mass is 503 g/mol. The second-order valence-corrected chi connectivity index (χ2v) is 10.6. The maximum atomic E-state index is 13.7. The Morgan fingerprint density at radius 3 is 2.58 bits per heavy atom. The number of ether oxygens (including phenoxy) is 2. The number of hydrogen-bond donors (Lipinski definition) is 0. The lowest BCUT2D eigenvalue weighted by atomic mass is 10.1. The molecule has 36 heavy (non-hydrogen) atoms. The van der Waals surface area contributed by atoms with Gasteiger partial charge in [-0.05, 0) is 54.3 Å². The average Bonchev–Trinajstić information content (AvgIpc) is 3.42. The van der Waals surface area contributed by atoms with Crippen molar-refractivity contribution in [1.29, 1.82) is 0 Å². The number of sulfone groups is 1. The lowest BCUT2D eigenvalue weighted by Crippen LogP contribution is -2.30. The number of carbonyl (C=O) groups excluding carboxylic acids is 2. The summed E-state index contributed by atoms with van der Waals surface area (Å²) in [6.45, 7) is 4.63. The summed E-state index contributed by atoms with van der Waals surface area (Å²) in [6.07, 6.45) is 3.32. The van der Waals surface area contributed by atoms with E-state index in [1.165, 1.54) is 35.2 Å². The highest BCUT2D eigenvalue weighted by molar-refractivity contribution is 7.91. The first kappa shape index (κ1) is 24.0. The van der Waals surface area contributed by atoms with Crippen LogP contribution in [0.2, 0.25) is 0 Å². The third kappa shape index (κ3) is 4.45. The minimum absolute atomic E-state index is 0.0424. The first-order valence-corrected chi connectivity index (χ1v) is 13.2. The number of amides is 1. The molecule has 5 rings (SSSR count). The fourth-order valence-electron chi connectivity index (χ4n) is 4.46. The Morgan fingerprint density at radius 2 is 1.86 bits per heavy atom. The van der Waals surface area contributed by atoms with Gasteiger partial charge in [-0.3, -0.25) is 4.79 Å². The highest BCUT2D eigenvalue weighted by Gasteiger charge is 2.36. The molecule has 1 unspecified atom stereocenters. The maximum absolute atomic E-state index is 13.7. The molecule has 1 atom stereocenters. The summed E-state index contributed by atoms with van der Waals surface area (Å²) in [5.41, 5.74) is 2.09. The zero-order valence-electron chi connectivity index (χ0n) is 19.6. The van der Waals surface area contributed by atoms with E-state index in [4.69, 9.17) is 9.47 Å². The van der Waals surface area contributed by atoms with Crippen LogP contribution in [0.4, 0.5) is 5.69 Å². The van der Waals surface area contributed by atoms with Crippen molar-refractivity contribution in [3.63, 3.8) is 0 Å². The highest BCUT2D eigenvalue weighted by Crippen LogP contribution is 2.38. The van der Waals surface area contributed by atoms with Gasteiger partial charge in [0.05, 0.1) is 39.3 Å². The van der Waals surface area contributed by atoms with Crippen LogP contribution in [-0.4, -0.2) is 39.6 Å². The molecular formula is C28H25NO6S. The normalized spacial score (nSPS) is 18.2. The molecule has 1 saturated heterocycles. The molecule has 0 aliphatic carbocycles. The van der Waals surface area contributed by atoms with Gasteiger partial charge in [-0.2, -0.15) is 0 Å². The summed E-state index contributed by atoms with van der Waals surface area (Å²) >= 11 is 0. The lowest BCUT2D eigenvalue weighted by Gasteiger charge is -2.23. The minimum atomic E-state index is -4.02. The van der Waals surface area contributed by atoms with Crippen molar-refractivity contribution in [1.82, 2.24) is 0 Å². The van der Waals surface area contributed by atoms with E-state index in [1.807, 2.05) is 24.3 Å². The van der Waals surface area contributed by atoms with Crippen molar-refractivity contribution < 1.29 is 27.5 Å². The summed E-state index contributed by atoms with van der Waals surface area (Å²) in [5, 5.41) is 0. The first-order chi connectivity index (χ1) is 17.4. The summed E-state index contributed by atoms with van der Waals surface area (Å²) < 4.78 is 38.1. The quantitative estimate of drug-likeness (QED) is 0.455. The van der Waals surface area contributed by atoms with Crippen molar-refractivity contribution in [2.75, 3.05) is 18.1 Å². The van der Waals surface area contributed by atoms with Crippen molar-refractivity contribution in [2.45, 2.75) is 35.3 Å². The molecule has 7 nitrogen and oxygen atoms in total. The lowest BCUT2D eigenvalue weighted by molar-refractivity contribution is 0.0161. The zero-order chi connectivity index (χ0) is 25.3. The second-order valence-electron chi connectivity index (χ2n) is 8.75. The number of esters is 1. The van der Waals surface area contributed by atoms with Crippen molar-refractivity contribution >= 4 is 33.5 Å². The summed E-state index contributed by atoms with van der Waals surface area (Å²) in [4.78, 5) is 27.8. The Morgan fingerprint density at radius 1 is 1.08 bits per heavy atom. The van der Waals surface area contributed by atoms with E-state index in [0.29, 0.717) is 6.61 Å². The Bertz CT molecular complexity index is 1440. The second kappa shape index (κ2) is 9.72. The first-order valence-electron chi connectivity index (χ1n) is 11.7. The highest BCUT2D eigenvalue weighted by atomic mass is 32.2. The predicted molar refractivity (Wildman–Crippen MR) is 135 cm³/mol. The van der Waals surface area contributed by atoms with Gasteiger partial charge >= 0.3 is 5.97 Å². The van der Waals surface area contributed by atoms with Gasteiger partial charge in [0.1, 0.15) is 6.61 Å². The molecule has 2 aliphatic rings. The van der Waals surface area contributed by atoms with E-state index < -0.39 is 21.7 Å². The molecular weight excluding hydrogens is 478 g/mol. The van der Waals surface area contributed by atoms with Gasteiger partial charge in [-0.1, -0.05) is 49.1 Å². The Kier molecular flexibility index (Phi) is 6.47. The van der Waals surface area contributed by atoms with Gasteiger partial charge in [0.25, 0.3) is 5.91 Å². The minimum Gasteiger partial charge on any atom is -0.459 e. The summed E-state index contributed by atoms with van der Waals surface area (Å²) in [6, 6.07) is 17.8. The van der Waals surface area contributed by atoms with E-state index in [2.05, 4.69) is 6.58 Å². The van der Waals surface area contributed by atoms with Gasteiger partial charge in [0.15, 0.2) is 0 Å². The van der Waals surface area contributed by atoms with E-state index in [-0.39, 0.29) is 45.9 Å². The summed E-state index contributed by atoms with van der Waals surface area (Å²) in [5.74, 6) is -1.07. The van der Waals surface area contributed by atoms with Crippen molar-refractivity contribution in [3.8, 4) is 0 Å². The van der Waals surface area contributed by atoms with Crippen LogP contribution in [0.1, 0.15) is 44.7 Å². The molecule has 3 aromatic carbocycles. The van der Waals surface area contributed by atoms with Crippen LogP contribution < -0.4 is 4.90 Å². The molecule has 2 aliphatic heterocycles. The number of benzene rings is 3.